The van der Waals surface area contributed by atoms with Gasteiger partial charge in [0.25, 0.3) is 0 Å². The number of hydrogen-bond donors (Lipinski definition) is 1. The van der Waals surface area contributed by atoms with E-state index in [0.29, 0.717) is 17.8 Å². The maximum absolute atomic E-state index is 11.5. The predicted molar refractivity (Wildman–Crippen MR) is 106 cm³/mol. The van der Waals surface area contributed by atoms with E-state index in [1.54, 1.807) is 19.3 Å². The lowest BCUT2D eigenvalue weighted by Crippen LogP contribution is -2.43. The Kier molecular flexibility index (Phi) is 5.41. The maximum Gasteiger partial charge on any atom is 0.236 e. The first-order valence-corrected chi connectivity index (χ1v) is 10.0. The third kappa shape index (κ3) is 4.24. The molecule has 7 nitrogen and oxygen atoms in total. The second-order valence-electron chi connectivity index (χ2n) is 7.80. The van der Waals surface area contributed by atoms with Crippen molar-refractivity contribution in [3.63, 3.8) is 0 Å². The van der Waals surface area contributed by atoms with Crippen molar-refractivity contribution in [2.75, 3.05) is 18.4 Å². The van der Waals surface area contributed by atoms with Crippen LogP contribution in [0.5, 0.6) is 5.88 Å². The minimum atomic E-state index is 0.144. The molecule has 0 bridgehead atoms. The summed E-state index contributed by atoms with van der Waals surface area (Å²) in [7, 11) is 0. The van der Waals surface area contributed by atoms with Gasteiger partial charge in [-0.05, 0) is 31.4 Å². The van der Waals surface area contributed by atoms with Crippen molar-refractivity contribution in [2.24, 2.45) is 0 Å². The number of rotatable bonds is 5. The van der Waals surface area contributed by atoms with Gasteiger partial charge in [0.2, 0.25) is 11.8 Å². The fourth-order valence-electron chi connectivity index (χ4n) is 3.87. The van der Waals surface area contributed by atoms with Crippen molar-refractivity contribution in [1.29, 1.82) is 0 Å². The molecular formula is C21H27N5O2. The molecule has 0 radical (unpaired) electrons. The number of nitrogens with one attached hydrogen (secondary N) is 1. The third-order valence-electron chi connectivity index (χ3n) is 5.65. The minimum absolute atomic E-state index is 0.144. The van der Waals surface area contributed by atoms with Crippen LogP contribution in [0.4, 0.5) is 5.82 Å². The summed E-state index contributed by atoms with van der Waals surface area (Å²) in [5.41, 5.74) is 2.09. The van der Waals surface area contributed by atoms with Crippen molar-refractivity contribution >= 4 is 11.7 Å². The van der Waals surface area contributed by atoms with Crippen LogP contribution in [0, 0.1) is 6.92 Å². The van der Waals surface area contributed by atoms with Crippen LogP contribution < -0.4 is 10.1 Å². The number of carbonyl (C=O) groups excluding carboxylic acids is 1. The van der Waals surface area contributed by atoms with Gasteiger partial charge in [0.15, 0.2) is 0 Å². The maximum atomic E-state index is 11.5. The Balaban J connectivity index is 1.31. The average molecular weight is 381 g/mol. The number of aryl methyl sites for hydroxylation is 1. The summed E-state index contributed by atoms with van der Waals surface area (Å²) in [6.45, 7) is 5.21. The molecule has 0 aromatic carbocycles. The van der Waals surface area contributed by atoms with E-state index < -0.39 is 0 Å². The fraction of sp³-hybridized carbons (Fsp3) is 0.524. The van der Waals surface area contributed by atoms with Gasteiger partial charge in [-0.15, -0.1) is 0 Å². The Hall–Kier alpha value is -2.70. The molecule has 7 heteroatoms. The second kappa shape index (κ2) is 8.12. The van der Waals surface area contributed by atoms with Gasteiger partial charge in [0.05, 0.1) is 0 Å². The second-order valence-corrected chi connectivity index (χ2v) is 7.80. The van der Waals surface area contributed by atoms with E-state index >= 15 is 0 Å². The number of carbonyl (C=O) groups is 1. The van der Waals surface area contributed by atoms with Crippen molar-refractivity contribution < 1.29 is 9.53 Å². The van der Waals surface area contributed by atoms with Crippen molar-refractivity contribution in [2.45, 2.75) is 57.6 Å². The number of anilines is 1. The molecule has 0 atom stereocenters. The number of nitrogens with zero attached hydrogens (tertiary/aromatic N) is 4. The standard InChI is InChI=1S/C21H27N5O2/c1-14-3-4-19(24-13-14)25-17-11-18(12-17)28-21-20(22-7-8-23-21)16-5-9-26(10-6-16)15(2)27/h3-4,7-8,13,16-18H,5-6,9-12H2,1-2H3,(H,24,25)/t17-,18-. The Morgan fingerprint density at radius 1 is 1.14 bits per heavy atom. The molecule has 1 saturated heterocycles. The first kappa shape index (κ1) is 18.7. The minimum Gasteiger partial charge on any atom is -0.473 e. The lowest BCUT2D eigenvalue weighted by molar-refractivity contribution is -0.129. The van der Waals surface area contributed by atoms with Crippen LogP contribution in [-0.2, 0) is 4.79 Å². The van der Waals surface area contributed by atoms with Crippen molar-refractivity contribution in [1.82, 2.24) is 19.9 Å². The summed E-state index contributed by atoms with van der Waals surface area (Å²) in [6.07, 6.45) is 9.10. The molecule has 0 unspecified atom stereocenters. The highest BCUT2D eigenvalue weighted by atomic mass is 16.5. The number of piperidine rings is 1. The van der Waals surface area contributed by atoms with Gasteiger partial charge in [-0.1, -0.05) is 6.07 Å². The summed E-state index contributed by atoms with van der Waals surface area (Å²) < 4.78 is 6.18. The average Bonchev–Trinajstić information content (AvgIpc) is 2.68. The first-order chi connectivity index (χ1) is 13.6. The molecule has 0 spiro atoms. The lowest BCUT2D eigenvalue weighted by atomic mass is 9.89. The van der Waals surface area contributed by atoms with Crippen molar-refractivity contribution in [3.8, 4) is 5.88 Å². The van der Waals surface area contributed by atoms with Gasteiger partial charge in [-0.25, -0.2) is 9.97 Å². The Morgan fingerprint density at radius 3 is 2.57 bits per heavy atom. The first-order valence-electron chi connectivity index (χ1n) is 10.0. The largest absolute Gasteiger partial charge is 0.473 e. The van der Waals surface area contributed by atoms with Gasteiger partial charge in [-0.2, -0.15) is 0 Å². The predicted octanol–water partition coefficient (Wildman–Crippen LogP) is 2.93. The Bertz CT molecular complexity index is 812. The fourth-order valence-corrected chi connectivity index (χ4v) is 3.87. The van der Waals surface area contributed by atoms with Crippen LogP contribution in [0.2, 0.25) is 0 Å². The van der Waals surface area contributed by atoms with E-state index in [1.807, 2.05) is 24.1 Å². The van der Waals surface area contributed by atoms with E-state index in [1.165, 1.54) is 0 Å². The van der Waals surface area contributed by atoms with Crippen LogP contribution in [-0.4, -0.2) is 51.0 Å². The summed E-state index contributed by atoms with van der Waals surface area (Å²) >= 11 is 0. The zero-order chi connectivity index (χ0) is 19.5. The molecule has 4 rings (SSSR count). The molecule has 1 saturated carbocycles. The summed E-state index contributed by atoms with van der Waals surface area (Å²) in [6, 6.07) is 4.45. The monoisotopic (exact) mass is 381 g/mol. The number of likely N-dealkylation sites (tertiary alicyclic amines) is 1. The molecule has 2 fully saturated rings. The van der Waals surface area contributed by atoms with Gasteiger partial charge in [0, 0.05) is 63.4 Å². The molecule has 2 aromatic rings. The van der Waals surface area contributed by atoms with Crippen LogP contribution >= 0.6 is 0 Å². The highest BCUT2D eigenvalue weighted by Crippen LogP contribution is 2.34. The molecule has 1 aliphatic carbocycles. The van der Waals surface area contributed by atoms with E-state index in [2.05, 4.69) is 26.3 Å². The smallest absolute Gasteiger partial charge is 0.236 e. The quantitative estimate of drug-likeness (QED) is 0.858. The van der Waals surface area contributed by atoms with E-state index in [4.69, 9.17) is 4.74 Å². The zero-order valence-corrected chi connectivity index (χ0v) is 16.5. The van der Waals surface area contributed by atoms with E-state index in [0.717, 1.165) is 55.8 Å². The highest BCUT2D eigenvalue weighted by Gasteiger charge is 2.33. The third-order valence-corrected chi connectivity index (χ3v) is 5.65. The van der Waals surface area contributed by atoms with E-state index in [-0.39, 0.29) is 12.0 Å². The SMILES string of the molecule is CC(=O)N1CCC(c2nccnc2O[C@H]2C[C@H](Nc3ccc(C)cn3)C2)CC1. The molecule has 28 heavy (non-hydrogen) atoms. The van der Waals surface area contributed by atoms with Crippen molar-refractivity contribution in [3.05, 3.63) is 42.0 Å². The van der Waals surface area contributed by atoms with Crippen LogP contribution in [0.25, 0.3) is 0 Å². The van der Waals surface area contributed by atoms with E-state index in [9.17, 15) is 4.79 Å². The van der Waals surface area contributed by atoms with Gasteiger partial charge in [0.1, 0.15) is 17.6 Å². The molecule has 1 N–H and O–H groups in total. The number of hydrogen-bond acceptors (Lipinski definition) is 6. The van der Waals surface area contributed by atoms with Gasteiger partial charge in [-0.3, -0.25) is 9.78 Å². The van der Waals surface area contributed by atoms with Crippen LogP contribution in [0.1, 0.15) is 49.8 Å². The molecule has 2 aromatic heterocycles. The molecule has 1 aliphatic heterocycles. The number of amides is 1. The number of aromatic nitrogens is 3. The Morgan fingerprint density at radius 2 is 1.89 bits per heavy atom. The summed E-state index contributed by atoms with van der Waals surface area (Å²) in [4.78, 5) is 26.9. The summed E-state index contributed by atoms with van der Waals surface area (Å²) in [5, 5.41) is 3.45. The van der Waals surface area contributed by atoms with Gasteiger partial charge < -0.3 is 15.0 Å². The van der Waals surface area contributed by atoms with Crippen LogP contribution in [0.15, 0.2) is 30.7 Å². The van der Waals surface area contributed by atoms with Gasteiger partial charge >= 0.3 is 0 Å². The highest BCUT2D eigenvalue weighted by molar-refractivity contribution is 5.73. The zero-order valence-electron chi connectivity index (χ0n) is 16.5. The summed E-state index contributed by atoms with van der Waals surface area (Å²) in [5.74, 6) is 2.00. The van der Waals surface area contributed by atoms with Crippen LogP contribution in [0.3, 0.4) is 0 Å². The number of ether oxygens (including phenoxy) is 1. The molecule has 148 valence electrons. The normalized spacial score (nSPS) is 22.4. The molecular weight excluding hydrogens is 354 g/mol. The number of pyridine rings is 1. The Labute approximate surface area is 165 Å². The lowest BCUT2D eigenvalue weighted by Gasteiger charge is -2.36. The topological polar surface area (TPSA) is 80.2 Å². The molecule has 3 heterocycles. The molecule has 2 aliphatic rings. The molecule has 1 amide bonds.